The molecular formula is C23H28N4O4. The number of furan rings is 1. The Hall–Kier alpha value is -3.29. The smallest absolute Gasteiger partial charge is 0.407 e. The highest BCUT2D eigenvalue weighted by atomic mass is 16.5. The highest BCUT2D eigenvalue weighted by molar-refractivity contribution is 5.93. The number of benzene rings is 1. The standard InChI is InChI=1S/C23H28N4O4/c1-13(2)19(26-23(29)30-4)22(28)27-10-5-6-18(27)21-24-12-17(25-21)16-8-7-14(3)15-9-11-31-20(15)16/h7-9,11-13,18-19H,5-6,10H2,1-4H3,(H,24,25)(H,26,29)/t18-,19-/m0/s1. The molecule has 2 atom stereocenters. The number of hydrogen-bond donors (Lipinski definition) is 2. The van der Waals surface area contributed by atoms with Gasteiger partial charge in [-0.15, -0.1) is 0 Å². The first-order valence-electron chi connectivity index (χ1n) is 10.6. The summed E-state index contributed by atoms with van der Waals surface area (Å²) in [5, 5.41) is 3.74. The minimum absolute atomic E-state index is 0.0696. The van der Waals surface area contributed by atoms with Crippen LogP contribution in [0.2, 0.25) is 0 Å². The van der Waals surface area contributed by atoms with Gasteiger partial charge < -0.3 is 24.4 Å². The van der Waals surface area contributed by atoms with Crippen molar-refractivity contribution < 1.29 is 18.7 Å². The maximum atomic E-state index is 13.3. The van der Waals surface area contributed by atoms with Gasteiger partial charge in [0.1, 0.15) is 17.4 Å². The van der Waals surface area contributed by atoms with Crippen LogP contribution >= 0.6 is 0 Å². The van der Waals surface area contributed by atoms with Crippen LogP contribution in [-0.2, 0) is 9.53 Å². The Morgan fingerprint density at radius 1 is 1.32 bits per heavy atom. The first-order valence-corrected chi connectivity index (χ1v) is 10.6. The maximum absolute atomic E-state index is 13.3. The number of ether oxygens (including phenoxy) is 1. The lowest BCUT2D eigenvalue weighted by Crippen LogP contribution is -2.51. The molecule has 1 aromatic carbocycles. The topological polar surface area (TPSA) is 100 Å². The predicted molar refractivity (Wildman–Crippen MR) is 116 cm³/mol. The molecule has 2 N–H and O–H groups in total. The third-order valence-corrected chi connectivity index (χ3v) is 5.96. The Kier molecular flexibility index (Phi) is 5.71. The zero-order valence-electron chi connectivity index (χ0n) is 18.3. The molecule has 1 aliphatic rings. The van der Waals surface area contributed by atoms with Crippen molar-refractivity contribution >= 4 is 23.0 Å². The molecule has 0 aliphatic carbocycles. The van der Waals surface area contributed by atoms with Gasteiger partial charge in [-0.2, -0.15) is 0 Å². The van der Waals surface area contributed by atoms with Crippen LogP contribution in [-0.4, -0.2) is 46.6 Å². The van der Waals surface area contributed by atoms with E-state index >= 15 is 0 Å². The highest BCUT2D eigenvalue weighted by Crippen LogP contribution is 2.35. The van der Waals surface area contributed by atoms with Crippen LogP contribution in [0.25, 0.3) is 22.2 Å². The van der Waals surface area contributed by atoms with E-state index in [1.807, 2.05) is 26.0 Å². The van der Waals surface area contributed by atoms with Crippen molar-refractivity contribution in [2.75, 3.05) is 13.7 Å². The number of carbonyl (C=O) groups is 2. The number of H-pyrrole nitrogens is 1. The van der Waals surface area contributed by atoms with Gasteiger partial charge in [-0.1, -0.05) is 19.9 Å². The van der Waals surface area contributed by atoms with E-state index in [9.17, 15) is 9.59 Å². The molecule has 164 valence electrons. The van der Waals surface area contributed by atoms with E-state index in [1.54, 1.807) is 17.4 Å². The van der Waals surface area contributed by atoms with Gasteiger partial charge in [0.2, 0.25) is 5.91 Å². The molecule has 3 heterocycles. The summed E-state index contributed by atoms with van der Waals surface area (Å²) >= 11 is 0. The molecule has 8 heteroatoms. The number of alkyl carbamates (subject to hydrolysis) is 1. The molecule has 2 amide bonds. The summed E-state index contributed by atoms with van der Waals surface area (Å²) in [5.74, 6) is 0.547. The van der Waals surface area contributed by atoms with Crippen molar-refractivity contribution in [3.8, 4) is 11.3 Å². The van der Waals surface area contributed by atoms with Crippen LogP contribution < -0.4 is 5.32 Å². The molecule has 0 unspecified atom stereocenters. The minimum Gasteiger partial charge on any atom is -0.464 e. The second-order valence-electron chi connectivity index (χ2n) is 8.32. The monoisotopic (exact) mass is 424 g/mol. The van der Waals surface area contributed by atoms with Crippen LogP contribution in [0.4, 0.5) is 4.79 Å². The van der Waals surface area contributed by atoms with E-state index in [0.29, 0.717) is 6.54 Å². The number of methoxy groups -OCH3 is 1. The molecule has 31 heavy (non-hydrogen) atoms. The fraction of sp³-hybridized carbons (Fsp3) is 0.435. The van der Waals surface area contributed by atoms with Crippen molar-refractivity contribution in [1.82, 2.24) is 20.2 Å². The minimum atomic E-state index is -0.651. The molecule has 0 saturated carbocycles. The number of nitrogens with zero attached hydrogens (tertiary/aromatic N) is 2. The molecule has 0 radical (unpaired) electrons. The van der Waals surface area contributed by atoms with Crippen molar-refractivity contribution in [2.45, 2.75) is 45.7 Å². The molecule has 3 aromatic rings. The molecule has 1 saturated heterocycles. The summed E-state index contributed by atoms with van der Waals surface area (Å²) in [6, 6.07) is 5.22. The third kappa shape index (κ3) is 3.89. The Morgan fingerprint density at radius 3 is 2.87 bits per heavy atom. The van der Waals surface area contributed by atoms with E-state index in [0.717, 1.165) is 46.5 Å². The molecule has 8 nitrogen and oxygen atoms in total. The van der Waals surface area contributed by atoms with Gasteiger partial charge in [0.15, 0.2) is 0 Å². The van der Waals surface area contributed by atoms with Crippen LogP contribution in [0.5, 0.6) is 0 Å². The summed E-state index contributed by atoms with van der Waals surface area (Å²) in [4.78, 5) is 34.8. The molecule has 2 aromatic heterocycles. The van der Waals surface area contributed by atoms with Crippen LogP contribution in [0.1, 0.15) is 44.1 Å². The molecule has 4 rings (SSSR count). The van der Waals surface area contributed by atoms with E-state index < -0.39 is 12.1 Å². The van der Waals surface area contributed by atoms with Crippen LogP contribution in [0.15, 0.2) is 35.1 Å². The normalized spacial score (nSPS) is 17.3. The fourth-order valence-corrected chi connectivity index (χ4v) is 4.25. The number of hydrogen-bond acceptors (Lipinski definition) is 5. The lowest BCUT2D eigenvalue weighted by Gasteiger charge is -2.30. The largest absolute Gasteiger partial charge is 0.464 e. The van der Waals surface area contributed by atoms with E-state index in [-0.39, 0.29) is 17.9 Å². The quantitative estimate of drug-likeness (QED) is 0.640. The predicted octanol–water partition coefficient (Wildman–Crippen LogP) is 4.18. The van der Waals surface area contributed by atoms with Gasteiger partial charge in [0.05, 0.1) is 31.3 Å². The van der Waals surface area contributed by atoms with Gasteiger partial charge in [-0.05, 0) is 43.4 Å². The van der Waals surface area contributed by atoms with Gasteiger partial charge in [-0.3, -0.25) is 4.79 Å². The summed E-state index contributed by atoms with van der Waals surface area (Å²) in [7, 11) is 1.29. The number of nitrogens with one attached hydrogen (secondary N) is 2. The van der Waals surface area contributed by atoms with Crippen molar-refractivity contribution in [2.24, 2.45) is 5.92 Å². The van der Waals surface area contributed by atoms with Gasteiger partial charge in [0, 0.05) is 17.5 Å². The number of imidazole rings is 1. The number of amides is 2. The average molecular weight is 425 g/mol. The number of aryl methyl sites for hydroxylation is 1. The van der Waals surface area contributed by atoms with E-state index in [1.165, 1.54) is 7.11 Å². The van der Waals surface area contributed by atoms with Gasteiger partial charge in [-0.25, -0.2) is 9.78 Å². The molecule has 0 spiro atoms. The number of carbonyl (C=O) groups excluding carboxylic acids is 2. The molecule has 1 aliphatic heterocycles. The zero-order valence-corrected chi connectivity index (χ0v) is 18.3. The Bertz CT molecular complexity index is 1100. The molecular weight excluding hydrogens is 396 g/mol. The van der Waals surface area contributed by atoms with E-state index in [2.05, 4.69) is 28.3 Å². The van der Waals surface area contributed by atoms with E-state index in [4.69, 9.17) is 9.15 Å². The van der Waals surface area contributed by atoms with Crippen molar-refractivity contribution in [1.29, 1.82) is 0 Å². The molecule has 1 fully saturated rings. The van der Waals surface area contributed by atoms with Gasteiger partial charge in [0.25, 0.3) is 0 Å². The number of likely N-dealkylation sites (tertiary alicyclic amines) is 1. The Morgan fingerprint density at radius 2 is 2.13 bits per heavy atom. The first-order chi connectivity index (χ1) is 14.9. The summed E-state index contributed by atoms with van der Waals surface area (Å²) in [6.45, 7) is 6.48. The lowest BCUT2D eigenvalue weighted by atomic mass is 10.0. The summed E-state index contributed by atoms with van der Waals surface area (Å²) < 4.78 is 10.4. The van der Waals surface area contributed by atoms with Crippen LogP contribution in [0, 0.1) is 12.8 Å². The Balaban J connectivity index is 1.60. The first kappa shape index (κ1) is 21.0. The second-order valence-corrected chi connectivity index (χ2v) is 8.32. The second kappa shape index (κ2) is 8.45. The fourth-order valence-electron chi connectivity index (χ4n) is 4.25. The van der Waals surface area contributed by atoms with Crippen molar-refractivity contribution in [3.05, 3.63) is 42.0 Å². The lowest BCUT2D eigenvalue weighted by molar-refractivity contribution is -0.135. The molecule has 0 bridgehead atoms. The highest BCUT2D eigenvalue weighted by Gasteiger charge is 2.37. The number of aromatic nitrogens is 2. The summed E-state index contributed by atoms with van der Waals surface area (Å²) in [6.07, 6.45) is 4.56. The Labute approximate surface area is 181 Å². The number of aromatic amines is 1. The number of fused-ring (bicyclic) bond motifs is 1. The van der Waals surface area contributed by atoms with Gasteiger partial charge >= 0.3 is 6.09 Å². The maximum Gasteiger partial charge on any atom is 0.407 e. The average Bonchev–Trinajstić information content (AvgIpc) is 3.51. The SMILES string of the molecule is COC(=O)N[C@H](C(=O)N1CCC[C@H]1c1ncc(-c2ccc(C)c3ccoc23)[nH]1)C(C)C. The zero-order chi connectivity index (χ0) is 22.1. The van der Waals surface area contributed by atoms with Crippen LogP contribution in [0.3, 0.4) is 0 Å². The summed E-state index contributed by atoms with van der Waals surface area (Å²) in [5.41, 5.74) is 3.75. The number of rotatable bonds is 5. The third-order valence-electron chi connectivity index (χ3n) is 5.96. The van der Waals surface area contributed by atoms with Crippen molar-refractivity contribution in [3.63, 3.8) is 0 Å².